The van der Waals surface area contributed by atoms with Crippen LogP contribution in [0.5, 0.6) is 0 Å². The molecule has 2 aromatic carbocycles. The summed E-state index contributed by atoms with van der Waals surface area (Å²) in [6.45, 7) is 1.78. The monoisotopic (exact) mass is 470 g/mol. The first-order valence-electron chi connectivity index (χ1n) is 10.1. The van der Waals surface area contributed by atoms with E-state index in [0.717, 1.165) is 22.1 Å². The number of methoxy groups -OCH3 is 1. The number of rotatable bonds is 3. The molecule has 0 N–H and O–H groups in total. The molecule has 4 rings (SSSR count). The lowest BCUT2D eigenvalue weighted by molar-refractivity contribution is -0.123. The SMILES string of the molecule is COC(=O)c1ccc2c(c1)CCN2C(=O)C1CCN(C(=O)c2ccc(Br)cc2)CC1. The molecule has 7 heteroatoms. The summed E-state index contributed by atoms with van der Waals surface area (Å²) in [7, 11) is 1.36. The van der Waals surface area contributed by atoms with Crippen LogP contribution in [0, 0.1) is 5.92 Å². The smallest absolute Gasteiger partial charge is 0.337 e. The number of ether oxygens (including phenoxy) is 1. The number of esters is 1. The van der Waals surface area contributed by atoms with E-state index >= 15 is 0 Å². The predicted octanol–water partition coefficient (Wildman–Crippen LogP) is 3.68. The van der Waals surface area contributed by atoms with Gasteiger partial charge in [-0.25, -0.2) is 4.79 Å². The molecule has 0 aliphatic carbocycles. The number of carbonyl (C=O) groups is 3. The molecule has 0 radical (unpaired) electrons. The molecule has 0 saturated carbocycles. The molecular weight excluding hydrogens is 448 g/mol. The van der Waals surface area contributed by atoms with Crippen molar-refractivity contribution in [1.82, 2.24) is 4.90 Å². The van der Waals surface area contributed by atoms with Crippen molar-refractivity contribution in [2.45, 2.75) is 19.3 Å². The molecule has 1 saturated heterocycles. The minimum Gasteiger partial charge on any atom is -0.465 e. The number of halogens is 1. The van der Waals surface area contributed by atoms with Gasteiger partial charge in [0.25, 0.3) is 5.91 Å². The van der Waals surface area contributed by atoms with Gasteiger partial charge < -0.3 is 14.5 Å². The van der Waals surface area contributed by atoms with Gasteiger partial charge in [-0.15, -0.1) is 0 Å². The van der Waals surface area contributed by atoms with Crippen molar-refractivity contribution >= 4 is 39.4 Å². The van der Waals surface area contributed by atoms with E-state index in [9.17, 15) is 14.4 Å². The summed E-state index contributed by atoms with van der Waals surface area (Å²) >= 11 is 3.38. The Morgan fingerprint density at radius 3 is 2.30 bits per heavy atom. The lowest BCUT2D eigenvalue weighted by Crippen LogP contribution is -2.44. The van der Waals surface area contributed by atoms with Crippen molar-refractivity contribution in [3.05, 3.63) is 63.6 Å². The third-order valence-corrected chi connectivity index (χ3v) is 6.41. The molecule has 0 spiro atoms. The third kappa shape index (κ3) is 3.99. The van der Waals surface area contributed by atoms with Crippen LogP contribution in [0.25, 0.3) is 0 Å². The van der Waals surface area contributed by atoms with Crippen LogP contribution in [-0.4, -0.2) is 49.4 Å². The topological polar surface area (TPSA) is 66.9 Å². The molecule has 2 heterocycles. The largest absolute Gasteiger partial charge is 0.465 e. The molecule has 6 nitrogen and oxygen atoms in total. The van der Waals surface area contributed by atoms with Crippen molar-refractivity contribution in [2.24, 2.45) is 5.92 Å². The Hall–Kier alpha value is -2.67. The molecular formula is C23H23BrN2O4. The van der Waals surface area contributed by atoms with Crippen LogP contribution in [-0.2, 0) is 16.0 Å². The summed E-state index contributed by atoms with van der Waals surface area (Å²) < 4.78 is 5.72. The van der Waals surface area contributed by atoms with Gasteiger partial charge in [0.15, 0.2) is 0 Å². The summed E-state index contributed by atoms with van der Waals surface area (Å²) in [6.07, 6.45) is 2.05. The van der Waals surface area contributed by atoms with E-state index in [1.54, 1.807) is 6.07 Å². The zero-order chi connectivity index (χ0) is 21.3. The molecule has 156 valence electrons. The average molecular weight is 471 g/mol. The van der Waals surface area contributed by atoms with Gasteiger partial charge in [0, 0.05) is 41.3 Å². The zero-order valence-electron chi connectivity index (χ0n) is 16.8. The van der Waals surface area contributed by atoms with Crippen molar-refractivity contribution in [1.29, 1.82) is 0 Å². The van der Waals surface area contributed by atoms with E-state index in [4.69, 9.17) is 4.74 Å². The summed E-state index contributed by atoms with van der Waals surface area (Å²) in [5.74, 6) is -0.346. The number of likely N-dealkylation sites (tertiary alicyclic amines) is 1. The maximum absolute atomic E-state index is 13.1. The zero-order valence-corrected chi connectivity index (χ0v) is 18.4. The molecule has 0 aromatic heterocycles. The van der Waals surface area contributed by atoms with Gasteiger partial charge in [-0.05, 0) is 67.3 Å². The lowest BCUT2D eigenvalue weighted by Gasteiger charge is -2.33. The number of amides is 2. The first-order valence-corrected chi connectivity index (χ1v) is 10.8. The quantitative estimate of drug-likeness (QED) is 0.641. The van der Waals surface area contributed by atoms with Crippen LogP contribution in [0.3, 0.4) is 0 Å². The van der Waals surface area contributed by atoms with Crippen molar-refractivity contribution < 1.29 is 19.1 Å². The molecule has 0 bridgehead atoms. The van der Waals surface area contributed by atoms with Gasteiger partial charge in [0.05, 0.1) is 12.7 Å². The molecule has 2 amide bonds. The second-order valence-electron chi connectivity index (χ2n) is 7.65. The Morgan fingerprint density at radius 2 is 1.63 bits per heavy atom. The van der Waals surface area contributed by atoms with Crippen LogP contribution in [0.4, 0.5) is 5.69 Å². The van der Waals surface area contributed by atoms with Gasteiger partial charge in [-0.2, -0.15) is 0 Å². The maximum atomic E-state index is 13.1. The number of anilines is 1. The Morgan fingerprint density at radius 1 is 0.967 bits per heavy atom. The van der Waals surface area contributed by atoms with E-state index in [-0.39, 0.29) is 23.7 Å². The fourth-order valence-electron chi connectivity index (χ4n) is 4.20. The average Bonchev–Trinajstić information content (AvgIpc) is 3.21. The van der Waals surface area contributed by atoms with E-state index in [1.165, 1.54) is 7.11 Å². The Balaban J connectivity index is 1.39. The van der Waals surface area contributed by atoms with Crippen LogP contribution < -0.4 is 4.90 Å². The second-order valence-corrected chi connectivity index (χ2v) is 8.56. The Labute approximate surface area is 183 Å². The summed E-state index contributed by atoms with van der Waals surface area (Å²) in [5, 5.41) is 0. The molecule has 2 aliphatic heterocycles. The van der Waals surface area contributed by atoms with Crippen molar-refractivity contribution in [2.75, 3.05) is 31.6 Å². The molecule has 0 atom stereocenters. The van der Waals surface area contributed by atoms with Gasteiger partial charge in [0.2, 0.25) is 5.91 Å². The predicted molar refractivity (Wildman–Crippen MR) is 117 cm³/mol. The number of nitrogens with zero attached hydrogens (tertiary/aromatic N) is 2. The second kappa shape index (κ2) is 8.60. The summed E-state index contributed by atoms with van der Waals surface area (Å²) in [6, 6.07) is 12.7. The molecule has 0 unspecified atom stereocenters. The number of hydrogen-bond donors (Lipinski definition) is 0. The Kier molecular flexibility index (Phi) is 5.90. The van der Waals surface area contributed by atoms with E-state index < -0.39 is 0 Å². The van der Waals surface area contributed by atoms with Crippen LogP contribution >= 0.6 is 15.9 Å². The number of carbonyl (C=O) groups excluding carboxylic acids is 3. The molecule has 2 aromatic rings. The van der Waals surface area contributed by atoms with E-state index in [0.29, 0.717) is 43.6 Å². The third-order valence-electron chi connectivity index (χ3n) is 5.88. The highest BCUT2D eigenvalue weighted by atomic mass is 79.9. The van der Waals surface area contributed by atoms with Crippen molar-refractivity contribution in [3.63, 3.8) is 0 Å². The van der Waals surface area contributed by atoms with Gasteiger partial charge in [-0.3, -0.25) is 9.59 Å². The highest BCUT2D eigenvalue weighted by Crippen LogP contribution is 2.32. The molecule has 2 aliphatic rings. The number of fused-ring (bicyclic) bond motifs is 1. The molecule has 30 heavy (non-hydrogen) atoms. The van der Waals surface area contributed by atoms with E-state index in [1.807, 2.05) is 46.2 Å². The van der Waals surface area contributed by atoms with Crippen molar-refractivity contribution in [3.8, 4) is 0 Å². The maximum Gasteiger partial charge on any atom is 0.337 e. The lowest BCUT2D eigenvalue weighted by atomic mass is 9.94. The number of piperidine rings is 1. The first kappa shape index (κ1) is 20.6. The van der Waals surface area contributed by atoms with Crippen LogP contribution in [0.15, 0.2) is 46.9 Å². The fourth-order valence-corrected chi connectivity index (χ4v) is 4.46. The van der Waals surface area contributed by atoms with Crippen LogP contribution in [0.2, 0.25) is 0 Å². The Bertz CT molecular complexity index is 981. The fraction of sp³-hybridized carbons (Fsp3) is 0.348. The summed E-state index contributed by atoms with van der Waals surface area (Å²) in [5.41, 5.74) is 3.04. The number of benzene rings is 2. The normalized spacial score (nSPS) is 16.3. The number of hydrogen-bond acceptors (Lipinski definition) is 4. The van der Waals surface area contributed by atoms with Gasteiger partial charge in [-0.1, -0.05) is 15.9 Å². The highest BCUT2D eigenvalue weighted by Gasteiger charge is 2.34. The molecule has 1 fully saturated rings. The van der Waals surface area contributed by atoms with Gasteiger partial charge >= 0.3 is 5.97 Å². The minimum absolute atomic E-state index is 0.00950. The summed E-state index contributed by atoms with van der Waals surface area (Å²) in [4.78, 5) is 41.2. The standard InChI is InChI=1S/C23H23BrN2O4/c1-30-23(29)18-4-7-20-17(14-18)10-13-26(20)22(28)16-8-11-25(12-9-16)21(27)15-2-5-19(24)6-3-15/h2-7,14,16H,8-13H2,1H3. The van der Waals surface area contributed by atoms with Gasteiger partial charge in [0.1, 0.15) is 0 Å². The first-order chi connectivity index (χ1) is 14.5. The minimum atomic E-state index is -0.370. The van der Waals surface area contributed by atoms with E-state index in [2.05, 4.69) is 15.9 Å². The van der Waals surface area contributed by atoms with Crippen LogP contribution in [0.1, 0.15) is 39.1 Å². The highest BCUT2D eigenvalue weighted by molar-refractivity contribution is 9.10.